The Labute approximate surface area is 155 Å². The molecule has 4 heteroatoms. The van der Waals surface area contributed by atoms with Crippen molar-refractivity contribution in [3.63, 3.8) is 0 Å². The van der Waals surface area contributed by atoms with E-state index in [1.165, 1.54) is 5.69 Å². The zero-order valence-corrected chi connectivity index (χ0v) is 15.4. The molecule has 0 saturated heterocycles. The molecule has 0 unspecified atom stereocenters. The molecule has 3 aromatic rings. The lowest BCUT2D eigenvalue weighted by Gasteiger charge is -2.21. The van der Waals surface area contributed by atoms with E-state index >= 15 is 0 Å². The van der Waals surface area contributed by atoms with Gasteiger partial charge in [0.2, 0.25) is 5.91 Å². The maximum Gasteiger partial charge on any atom is 0.228 e. The summed E-state index contributed by atoms with van der Waals surface area (Å²) in [5.74, 6) is -0.00527. The van der Waals surface area contributed by atoms with Crippen molar-refractivity contribution in [1.29, 1.82) is 0 Å². The van der Waals surface area contributed by atoms with Gasteiger partial charge in [0.15, 0.2) is 0 Å². The normalized spacial score (nSPS) is 10.5. The van der Waals surface area contributed by atoms with Crippen molar-refractivity contribution >= 4 is 17.3 Å². The summed E-state index contributed by atoms with van der Waals surface area (Å²) in [6.07, 6.45) is 4.37. The van der Waals surface area contributed by atoms with Gasteiger partial charge in [-0.2, -0.15) is 0 Å². The molecule has 0 fully saturated rings. The Morgan fingerprint density at radius 2 is 1.54 bits per heavy atom. The Morgan fingerprint density at radius 1 is 0.923 bits per heavy atom. The van der Waals surface area contributed by atoms with Crippen LogP contribution in [-0.4, -0.2) is 23.6 Å². The van der Waals surface area contributed by atoms with E-state index in [1.54, 1.807) is 0 Å². The fourth-order valence-electron chi connectivity index (χ4n) is 3.03. The third-order valence-corrected chi connectivity index (χ3v) is 4.48. The van der Waals surface area contributed by atoms with Gasteiger partial charge < -0.3 is 14.8 Å². The number of rotatable bonds is 7. The quantitative estimate of drug-likeness (QED) is 0.683. The van der Waals surface area contributed by atoms with Gasteiger partial charge in [0.05, 0.1) is 6.42 Å². The van der Waals surface area contributed by atoms with Crippen LogP contribution in [0.4, 0.5) is 11.4 Å². The number of hydrogen-bond acceptors (Lipinski definition) is 2. The van der Waals surface area contributed by atoms with Crippen molar-refractivity contribution < 1.29 is 4.79 Å². The van der Waals surface area contributed by atoms with E-state index in [4.69, 9.17) is 0 Å². The Hall–Kier alpha value is -3.01. The molecule has 0 aliphatic heterocycles. The first-order chi connectivity index (χ1) is 12.7. The molecule has 1 aromatic heterocycles. The number of carbonyl (C=O) groups is 1. The van der Waals surface area contributed by atoms with E-state index in [1.807, 2.05) is 65.5 Å². The lowest BCUT2D eigenvalue weighted by atomic mass is 10.1. The first-order valence-corrected chi connectivity index (χ1v) is 9.06. The topological polar surface area (TPSA) is 37.3 Å². The van der Waals surface area contributed by atoms with Crippen LogP contribution in [0.5, 0.6) is 0 Å². The van der Waals surface area contributed by atoms with Crippen molar-refractivity contribution in [2.45, 2.75) is 20.3 Å². The highest BCUT2D eigenvalue weighted by Crippen LogP contribution is 2.18. The molecule has 0 saturated carbocycles. The van der Waals surface area contributed by atoms with Gasteiger partial charge >= 0.3 is 0 Å². The smallest absolute Gasteiger partial charge is 0.228 e. The van der Waals surface area contributed by atoms with E-state index in [2.05, 4.69) is 36.2 Å². The number of hydrogen-bond donors (Lipinski definition) is 1. The number of carbonyl (C=O) groups excluding carboxylic acids is 1. The number of amides is 1. The monoisotopic (exact) mass is 347 g/mol. The molecule has 1 N–H and O–H groups in total. The second kappa shape index (κ2) is 8.39. The number of anilines is 2. The van der Waals surface area contributed by atoms with E-state index in [9.17, 15) is 4.79 Å². The minimum Gasteiger partial charge on any atom is -0.372 e. The highest BCUT2D eigenvalue weighted by Gasteiger charge is 2.06. The molecule has 0 spiro atoms. The van der Waals surface area contributed by atoms with Gasteiger partial charge in [-0.3, -0.25) is 4.79 Å². The summed E-state index contributed by atoms with van der Waals surface area (Å²) in [6.45, 7) is 6.23. The van der Waals surface area contributed by atoms with Crippen LogP contribution in [-0.2, 0) is 11.2 Å². The summed E-state index contributed by atoms with van der Waals surface area (Å²) in [5, 5.41) is 2.97. The summed E-state index contributed by atoms with van der Waals surface area (Å²) in [6, 6.07) is 20.1. The standard InChI is InChI=1S/C22H25N3O/c1-3-24(4-2)20-13-9-19(10-14-20)23-22(26)17-18-7-11-21(12-8-18)25-15-5-6-16-25/h5-16H,3-4,17H2,1-2H3,(H,23,26). The van der Waals surface area contributed by atoms with Gasteiger partial charge in [0, 0.05) is 42.5 Å². The first-order valence-electron chi connectivity index (χ1n) is 9.06. The number of benzene rings is 2. The third kappa shape index (κ3) is 4.33. The van der Waals surface area contributed by atoms with Crippen LogP contribution in [0, 0.1) is 0 Å². The molecule has 4 nitrogen and oxygen atoms in total. The number of nitrogens with zero attached hydrogens (tertiary/aromatic N) is 2. The molecule has 134 valence electrons. The zero-order valence-electron chi connectivity index (χ0n) is 15.4. The molecule has 3 rings (SSSR count). The van der Waals surface area contributed by atoms with Crippen molar-refractivity contribution in [1.82, 2.24) is 4.57 Å². The van der Waals surface area contributed by atoms with E-state index in [0.29, 0.717) is 6.42 Å². The highest BCUT2D eigenvalue weighted by atomic mass is 16.1. The molecule has 0 bridgehead atoms. The predicted octanol–water partition coefficient (Wildman–Crippen LogP) is 4.50. The van der Waals surface area contributed by atoms with Gasteiger partial charge in [-0.15, -0.1) is 0 Å². The molecule has 0 aliphatic carbocycles. The second-order valence-corrected chi connectivity index (χ2v) is 6.20. The minimum atomic E-state index is -0.00527. The van der Waals surface area contributed by atoms with Crippen LogP contribution < -0.4 is 10.2 Å². The van der Waals surface area contributed by atoms with Crippen molar-refractivity contribution in [2.75, 3.05) is 23.3 Å². The van der Waals surface area contributed by atoms with Crippen molar-refractivity contribution in [2.24, 2.45) is 0 Å². The van der Waals surface area contributed by atoms with Gasteiger partial charge in [-0.05, 0) is 67.9 Å². The number of aromatic nitrogens is 1. The Morgan fingerprint density at radius 3 is 2.12 bits per heavy atom. The van der Waals surface area contributed by atoms with Gasteiger partial charge in [-0.25, -0.2) is 0 Å². The first kappa shape index (κ1) is 17.8. The van der Waals surface area contributed by atoms with Crippen LogP contribution >= 0.6 is 0 Å². The molecule has 0 radical (unpaired) electrons. The van der Waals surface area contributed by atoms with Crippen LogP contribution in [0.25, 0.3) is 5.69 Å². The maximum absolute atomic E-state index is 12.3. The van der Waals surface area contributed by atoms with Crippen LogP contribution in [0.3, 0.4) is 0 Å². The lowest BCUT2D eigenvalue weighted by Crippen LogP contribution is -2.21. The molecule has 1 heterocycles. The van der Waals surface area contributed by atoms with E-state index in [-0.39, 0.29) is 5.91 Å². The summed E-state index contributed by atoms with van der Waals surface area (Å²) < 4.78 is 2.04. The van der Waals surface area contributed by atoms with E-state index < -0.39 is 0 Å². The highest BCUT2D eigenvalue weighted by molar-refractivity contribution is 5.92. The fourth-order valence-corrected chi connectivity index (χ4v) is 3.03. The molecule has 0 atom stereocenters. The number of nitrogens with one attached hydrogen (secondary N) is 1. The fraction of sp³-hybridized carbons (Fsp3) is 0.227. The van der Waals surface area contributed by atoms with Gasteiger partial charge in [0.25, 0.3) is 0 Å². The van der Waals surface area contributed by atoms with Crippen LogP contribution in [0.15, 0.2) is 73.1 Å². The Kier molecular flexibility index (Phi) is 5.74. The molecule has 1 amide bonds. The predicted molar refractivity (Wildman–Crippen MR) is 108 cm³/mol. The van der Waals surface area contributed by atoms with Gasteiger partial charge in [0.1, 0.15) is 0 Å². The maximum atomic E-state index is 12.3. The molecular weight excluding hydrogens is 322 g/mol. The average Bonchev–Trinajstić information content (AvgIpc) is 3.19. The summed E-state index contributed by atoms with van der Waals surface area (Å²) >= 11 is 0. The second-order valence-electron chi connectivity index (χ2n) is 6.20. The third-order valence-electron chi connectivity index (χ3n) is 4.48. The average molecular weight is 347 g/mol. The summed E-state index contributed by atoms with van der Waals surface area (Å²) in [4.78, 5) is 14.6. The van der Waals surface area contributed by atoms with Gasteiger partial charge in [-0.1, -0.05) is 12.1 Å². The zero-order chi connectivity index (χ0) is 18.4. The SMILES string of the molecule is CCN(CC)c1ccc(NC(=O)Cc2ccc(-n3cccc3)cc2)cc1. The summed E-state index contributed by atoms with van der Waals surface area (Å²) in [5.41, 5.74) is 4.09. The van der Waals surface area contributed by atoms with Crippen molar-refractivity contribution in [3.05, 3.63) is 78.6 Å². The van der Waals surface area contributed by atoms with Crippen molar-refractivity contribution in [3.8, 4) is 5.69 Å². The Balaban J connectivity index is 1.58. The summed E-state index contributed by atoms with van der Waals surface area (Å²) in [7, 11) is 0. The lowest BCUT2D eigenvalue weighted by molar-refractivity contribution is -0.115. The van der Waals surface area contributed by atoms with E-state index in [0.717, 1.165) is 30.0 Å². The molecule has 26 heavy (non-hydrogen) atoms. The Bertz CT molecular complexity index is 817. The molecule has 0 aliphatic rings. The minimum absolute atomic E-state index is 0.00527. The molecular formula is C22H25N3O. The van der Waals surface area contributed by atoms with Crippen LogP contribution in [0.1, 0.15) is 19.4 Å². The molecule has 2 aromatic carbocycles. The largest absolute Gasteiger partial charge is 0.372 e. The van der Waals surface area contributed by atoms with Crippen LogP contribution in [0.2, 0.25) is 0 Å².